The third kappa shape index (κ3) is 5.25. The molecular weight excluding hydrogens is 455 g/mol. The Balaban J connectivity index is 1.37. The zero-order valence-electron chi connectivity index (χ0n) is 19.8. The normalized spacial score (nSPS) is 20.6. The van der Waals surface area contributed by atoms with E-state index in [9.17, 15) is 23.6 Å². The summed E-state index contributed by atoms with van der Waals surface area (Å²) < 4.78 is 27.1. The van der Waals surface area contributed by atoms with Crippen LogP contribution in [-0.4, -0.2) is 65.1 Å². The molecule has 3 fully saturated rings. The molecule has 2 aliphatic heterocycles. The number of nitrogens with one attached hydrogen (secondary N) is 1. The van der Waals surface area contributed by atoms with Crippen LogP contribution < -0.4 is 20.6 Å². The van der Waals surface area contributed by atoms with Crippen LogP contribution >= 0.6 is 0 Å². The minimum absolute atomic E-state index is 0.148. The fraction of sp³-hybridized carbons (Fsp3) is 0.542. The number of piperidine rings is 2. The van der Waals surface area contributed by atoms with E-state index in [-0.39, 0.29) is 31.8 Å². The highest BCUT2D eigenvalue weighted by Gasteiger charge is 2.44. The average Bonchev–Trinajstić information content (AvgIpc) is 3.57. The first-order valence-electron chi connectivity index (χ1n) is 12.2. The predicted octanol–water partition coefficient (Wildman–Crippen LogP) is 2.33. The minimum atomic E-state index is -2.67. The van der Waals surface area contributed by atoms with Gasteiger partial charge in [-0.3, -0.25) is 4.79 Å². The van der Waals surface area contributed by atoms with Gasteiger partial charge < -0.3 is 25.2 Å². The van der Waals surface area contributed by atoms with Gasteiger partial charge in [-0.1, -0.05) is 6.07 Å². The monoisotopic (exact) mass is 485 g/mol. The molecule has 186 valence electrons. The van der Waals surface area contributed by atoms with Gasteiger partial charge in [0, 0.05) is 56.5 Å². The number of benzene rings is 1. The quantitative estimate of drug-likeness (QED) is 0.559. The van der Waals surface area contributed by atoms with Crippen LogP contribution in [0.3, 0.4) is 0 Å². The maximum Gasteiger partial charge on any atom is 0.488 e. The summed E-state index contributed by atoms with van der Waals surface area (Å²) in [5.41, 5.74) is 2.47. The van der Waals surface area contributed by atoms with Gasteiger partial charge in [-0.05, 0) is 55.6 Å². The van der Waals surface area contributed by atoms with Gasteiger partial charge >= 0.3 is 7.12 Å². The fourth-order valence-corrected chi connectivity index (χ4v) is 5.04. The van der Waals surface area contributed by atoms with Crippen molar-refractivity contribution in [1.82, 2.24) is 9.97 Å². The fourth-order valence-electron chi connectivity index (χ4n) is 5.04. The molecule has 0 atom stereocenters. The van der Waals surface area contributed by atoms with Crippen LogP contribution in [-0.2, 0) is 0 Å². The molecule has 3 N–H and O–H groups in total. The Morgan fingerprint density at radius 2 is 1.63 bits per heavy atom. The van der Waals surface area contributed by atoms with Gasteiger partial charge in [0.05, 0.1) is 5.56 Å². The average molecular weight is 485 g/mol. The van der Waals surface area contributed by atoms with E-state index in [0.29, 0.717) is 39.6 Å². The highest BCUT2D eigenvalue weighted by atomic mass is 19.3. The molecule has 1 aliphatic carbocycles. The summed E-state index contributed by atoms with van der Waals surface area (Å²) in [6.45, 7) is 3.68. The molecule has 1 aromatic carbocycles. The molecule has 3 heterocycles. The maximum atomic E-state index is 13.6. The molecule has 2 aromatic rings. The number of aryl methyl sites for hydroxylation is 1. The van der Waals surface area contributed by atoms with Crippen molar-refractivity contribution in [2.75, 3.05) is 41.3 Å². The number of rotatable bonds is 5. The lowest BCUT2D eigenvalue weighted by molar-refractivity contribution is -0.0222. The molecule has 0 bridgehead atoms. The lowest BCUT2D eigenvalue weighted by Crippen LogP contribution is -2.40. The Labute approximate surface area is 203 Å². The van der Waals surface area contributed by atoms with Gasteiger partial charge in [-0.2, -0.15) is 4.98 Å². The first-order valence-corrected chi connectivity index (χ1v) is 12.2. The molecule has 0 radical (unpaired) electrons. The van der Waals surface area contributed by atoms with Gasteiger partial charge in [-0.25, -0.2) is 13.8 Å². The predicted molar refractivity (Wildman–Crippen MR) is 130 cm³/mol. The molecule has 1 saturated carbocycles. The van der Waals surface area contributed by atoms with Crippen molar-refractivity contribution in [1.29, 1.82) is 0 Å². The summed E-state index contributed by atoms with van der Waals surface area (Å²) in [4.78, 5) is 26.0. The number of hydrogen-bond acceptors (Lipinski definition) is 7. The summed E-state index contributed by atoms with van der Waals surface area (Å²) in [5.74, 6) is -2.43. The second-order valence-electron chi connectivity index (χ2n) is 10.1. The minimum Gasteiger partial charge on any atom is -0.423 e. The number of anilines is 3. The molecule has 3 aliphatic rings. The van der Waals surface area contributed by atoms with E-state index in [1.165, 1.54) is 18.9 Å². The second kappa shape index (κ2) is 9.02. The smallest absolute Gasteiger partial charge is 0.423 e. The van der Waals surface area contributed by atoms with E-state index in [1.54, 1.807) is 30.0 Å². The Morgan fingerprint density at radius 3 is 2.26 bits per heavy atom. The van der Waals surface area contributed by atoms with Gasteiger partial charge in [0.2, 0.25) is 5.95 Å². The van der Waals surface area contributed by atoms with Crippen LogP contribution in [0.25, 0.3) is 0 Å². The van der Waals surface area contributed by atoms with Gasteiger partial charge in [0.25, 0.3) is 11.8 Å². The van der Waals surface area contributed by atoms with E-state index >= 15 is 0 Å². The number of carbonyl (C=O) groups excluding carboxylic acids is 1. The molecule has 35 heavy (non-hydrogen) atoms. The Morgan fingerprint density at radius 1 is 0.971 bits per heavy atom. The molecule has 0 unspecified atom stereocenters. The first-order chi connectivity index (χ1) is 16.6. The number of carbonyl (C=O) groups is 1. The third-order valence-corrected chi connectivity index (χ3v) is 7.55. The Bertz CT molecular complexity index is 1110. The van der Waals surface area contributed by atoms with Crippen LogP contribution in [0.1, 0.15) is 54.6 Å². The summed E-state index contributed by atoms with van der Waals surface area (Å²) in [7, 11) is -1.63. The molecule has 5 rings (SSSR count). The number of alkyl halides is 2. The molecule has 8 nitrogen and oxygen atoms in total. The van der Waals surface area contributed by atoms with Crippen LogP contribution in [0.15, 0.2) is 24.3 Å². The van der Waals surface area contributed by atoms with E-state index < -0.39 is 13.0 Å². The molecule has 1 amide bonds. The van der Waals surface area contributed by atoms with Gasteiger partial charge in [0.1, 0.15) is 5.82 Å². The lowest BCUT2D eigenvalue weighted by Gasteiger charge is -2.35. The van der Waals surface area contributed by atoms with Crippen molar-refractivity contribution < 1.29 is 23.6 Å². The first kappa shape index (κ1) is 23.9. The number of nitrogens with zero attached hydrogens (tertiary/aromatic N) is 4. The third-order valence-electron chi connectivity index (χ3n) is 7.55. The van der Waals surface area contributed by atoms with Gasteiger partial charge in [0.15, 0.2) is 0 Å². The van der Waals surface area contributed by atoms with E-state index in [4.69, 9.17) is 0 Å². The van der Waals surface area contributed by atoms with Crippen LogP contribution in [0.5, 0.6) is 0 Å². The second-order valence-corrected chi connectivity index (χ2v) is 10.1. The Kier molecular flexibility index (Phi) is 6.17. The van der Waals surface area contributed by atoms with Crippen molar-refractivity contribution in [3.63, 3.8) is 0 Å². The number of amides is 1. The summed E-state index contributed by atoms with van der Waals surface area (Å²) in [5, 5.41) is 22.2. The Hall–Kier alpha value is -2.79. The van der Waals surface area contributed by atoms with Gasteiger partial charge in [-0.15, -0.1) is 0 Å². The van der Waals surface area contributed by atoms with Crippen LogP contribution in [0.4, 0.5) is 26.2 Å². The van der Waals surface area contributed by atoms with Crippen molar-refractivity contribution in [2.24, 2.45) is 5.41 Å². The highest BCUT2D eigenvalue weighted by molar-refractivity contribution is 6.58. The molecule has 11 heteroatoms. The molecular formula is C24H30BF2N5O3. The standard InChI is InChI=1S/C24H30BF2N5O3/c1-16-14-20(30-22(28-16)32-12-8-24(26,27)9-13-32)29-21(33)18-3-2-17(25(34)35)15-19(18)31-10-6-23(4-5-23)7-11-31/h2-3,14-15,34-35H,4-13H2,1H3,(H,28,29,30,33). The summed E-state index contributed by atoms with van der Waals surface area (Å²) in [6.07, 6.45) is 4.12. The molecule has 1 aromatic heterocycles. The number of hydrogen-bond donors (Lipinski definition) is 3. The van der Waals surface area contributed by atoms with E-state index in [2.05, 4.69) is 20.2 Å². The van der Waals surface area contributed by atoms with Crippen LogP contribution in [0.2, 0.25) is 0 Å². The van der Waals surface area contributed by atoms with Crippen LogP contribution in [0, 0.1) is 12.3 Å². The van der Waals surface area contributed by atoms with Crippen molar-refractivity contribution >= 4 is 35.9 Å². The highest BCUT2D eigenvalue weighted by Crippen LogP contribution is 2.54. The molecule has 2 saturated heterocycles. The molecule has 1 spiro atoms. The summed E-state index contributed by atoms with van der Waals surface area (Å²) >= 11 is 0. The maximum absolute atomic E-state index is 13.6. The number of aromatic nitrogens is 2. The van der Waals surface area contributed by atoms with Crippen molar-refractivity contribution in [2.45, 2.75) is 51.4 Å². The van der Waals surface area contributed by atoms with E-state index in [0.717, 1.165) is 25.9 Å². The number of halogens is 2. The largest absolute Gasteiger partial charge is 0.488 e. The van der Waals surface area contributed by atoms with Crippen molar-refractivity contribution in [3.8, 4) is 0 Å². The lowest BCUT2D eigenvalue weighted by atomic mass is 9.79. The van der Waals surface area contributed by atoms with Crippen molar-refractivity contribution in [3.05, 3.63) is 35.5 Å². The zero-order chi connectivity index (χ0) is 24.8. The zero-order valence-corrected chi connectivity index (χ0v) is 19.8. The SMILES string of the molecule is Cc1cc(NC(=O)c2ccc(B(O)O)cc2N2CCC3(CC2)CC3)nc(N2CCC(F)(F)CC2)n1. The summed E-state index contributed by atoms with van der Waals surface area (Å²) in [6, 6.07) is 6.43. The van der Waals surface area contributed by atoms with E-state index in [1.807, 2.05) is 0 Å². The topological polar surface area (TPSA) is 102 Å².